The third-order valence-corrected chi connectivity index (χ3v) is 5.73. The number of anilines is 1. The van der Waals surface area contributed by atoms with Crippen molar-refractivity contribution in [2.75, 3.05) is 25.5 Å². The standard InChI is InChI=1S/C23H34N4O4/c1-23(2,3)31-22(30)26(4)18-11-13-27(14-12-18)15-16-5-7-17(8-6-16)24-19-9-10-20(28)25-21(19)29/h5-8,18-19,24H,9-15H2,1-4H3,(H,25,28,29). The molecule has 2 fully saturated rings. The Morgan fingerprint density at radius 2 is 1.81 bits per heavy atom. The van der Waals surface area contributed by atoms with Crippen molar-refractivity contribution in [2.45, 2.75) is 70.7 Å². The number of imide groups is 1. The molecule has 2 N–H and O–H groups in total. The van der Waals surface area contributed by atoms with Crippen molar-refractivity contribution in [3.05, 3.63) is 29.8 Å². The summed E-state index contributed by atoms with van der Waals surface area (Å²) in [6.07, 6.45) is 2.46. The fraction of sp³-hybridized carbons (Fsp3) is 0.609. The number of piperidine rings is 2. The molecule has 2 aliphatic rings. The van der Waals surface area contributed by atoms with Crippen LogP contribution in [-0.4, -0.2) is 65.5 Å². The van der Waals surface area contributed by atoms with Gasteiger partial charge in [-0.05, 0) is 57.7 Å². The van der Waals surface area contributed by atoms with Crippen molar-refractivity contribution in [1.29, 1.82) is 0 Å². The summed E-state index contributed by atoms with van der Waals surface area (Å²) in [5.74, 6) is -0.473. The molecule has 170 valence electrons. The highest BCUT2D eigenvalue weighted by Crippen LogP contribution is 2.21. The van der Waals surface area contributed by atoms with Crippen molar-refractivity contribution in [3.63, 3.8) is 0 Å². The molecule has 0 radical (unpaired) electrons. The molecule has 0 spiro atoms. The number of rotatable bonds is 5. The number of amides is 3. The summed E-state index contributed by atoms with van der Waals surface area (Å²) >= 11 is 0. The van der Waals surface area contributed by atoms with E-state index in [2.05, 4.69) is 27.7 Å². The molecule has 1 atom stereocenters. The van der Waals surface area contributed by atoms with E-state index < -0.39 is 5.60 Å². The van der Waals surface area contributed by atoms with Crippen molar-refractivity contribution in [1.82, 2.24) is 15.1 Å². The number of hydrogen-bond donors (Lipinski definition) is 2. The fourth-order valence-corrected chi connectivity index (χ4v) is 3.94. The van der Waals surface area contributed by atoms with E-state index in [1.807, 2.05) is 40.0 Å². The van der Waals surface area contributed by atoms with Gasteiger partial charge in [-0.15, -0.1) is 0 Å². The normalized spacial score (nSPS) is 20.8. The zero-order valence-corrected chi connectivity index (χ0v) is 18.9. The first-order chi connectivity index (χ1) is 14.6. The van der Waals surface area contributed by atoms with Gasteiger partial charge < -0.3 is 15.0 Å². The van der Waals surface area contributed by atoms with Crippen LogP contribution >= 0.6 is 0 Å². The Morgan fingerprint density at radius 1 is 1.16 bits per heavy atom. The maximum Gasteiger partial charge on any atom is 0.410 e. The van der Waals surface area contributed by atoms with Crippen LogP contribution in [0.3, 0.4) is 0 Å². The number of ether oxygens (including phenoxy) is 1. The number of nitrogens with zero attached hydrogens (tertiary/aromatic N) is 2. The molecule has 1 aromatic carbocycles. The van der Waals surface area contributed by atoms with E-state index in [-0.39, 0.29) is 30.0 Å². The number of likely N-dealkylation sites (tertiary alicyclic amines) is 1. The fourth-order valence-electron chi connectivity index (χ4n) is 3.94. The first-order valence-corrected chi connectivity index (χ1v) is 11.0. The van der Waals surface area contributed by atoms with E-state index in [9.17, 15) is 14.4 Å². The largest absolute Gasteiger partial charge is 0.444 e. The SMILES string of the molecule is CN(C(=O)OC(C)(C)C)C1CCN(Cc2ccc(NC3CCC(=O)NC3=O)cc2)CC1. The van der Waals surface area contributed by atoms with Crippen LogP contribution in [0.1, 0.15) is 52.0 Å². The van der Waals surface area contributed by atoms with Crippen molar-refractivity contribution in [3.8, 4) is 0 Å². The molecule has 0 aliphatic carbocycles. The predicted molar refractivity (Wildman–Crippen MR) is 119 cm³/mol. The lowest BCUT2D eigenvalue weighted by molar-refractivity contribution is -0.133. The summed E-state index contributed by atoms with van der Waals surface area (Å²) in [4.78, 5) is 39.6. The minimum absolute atomic E-state index is 0.200. The second-order valence-corrected chi connectivity index (χ2v) is 9.44. The number of benzene rings is 1. The van der Waals surface area contributed by atoms with E-state index in [0.29, 0.717) is 12.8 Å². The number of nitrogens with one attached hydrogen (secondary N) is 2. The Balaban J connectivity index is 1.45. The van der Waals surface area contributed by atoms with Crippen molar-refractivity contribution in [2.24, 2.45) is 0 Å². The van der Waals surface area contributed by atoms with E-state index in [4.69, 9.17) is 4.74 Å². The Hall–Kier alpha value is -2.61. The summed E-state index contributed by atoms with van der Waals surface area (Å²) in [6, 6.07) is 7.90. The topological polar surface area (TPSA) is 91.0 Å². The quantitative estimate of drug-likeness (QED) is 0.698. The molecule has 2 aliphatic heterocycles. The van der Waals surface area contributed by atoms with Crippen LogP contribution in [0.4, 0.5) is 10.5 Å². The van der Waals surface area contributed by atoms with E-state index in [0.717, 1.165) is 38.2 Å². The van der Waals surface area contributed by atoms with Gasteiger partial charge in [0.2, 0.25) is 11.8 Å². The highest BCUT2D eigenvalue weighted by atomic mass is 16.6. The molecule has 2 saturated heterocycles. The Morgan fingerprint density at radius 3 is 2.39 bits per heavy atom. The highest BCUT2D eigenvalue weighted by molar-refractivity contribution is 6.01. The molecule has 8 nitrogen and oxygen atoms in total. The van der Waals surface area contributed by atoms with Crippen LogP contribution in [-0.2, 0) is 20.9 Å². The van der Waals surface area contributed by atoms with Crippen LogP contribution < -0.4 is 10.6 Å². The van der Waals surface area contributed by atoms with Gasteiger partial charge in [0, 0.05) is 44.8 Å². The lowest BCUT2D eigenvalue weighted by Crippen LogP contribution is -2.47. The molecule has 0 aromatic heterocycles. The Labute approximate surface area is 184 Å². The smallest absolute Gasteiger partial charge is 0.410 e. The molecule has 1 unspecified atom stereocenters. The summed E-state index contributed by atoms with van der Waals surface area (Å²) in [5, 5.41) is 5.56. The molecule has 1 aromatic rings. The minimum atomic E-state index is -0.481. The molecular weight excluding hydrogens is 396 g/mol. The summed E-state index contributed by atoms with van der Waals surface area (Å²) in [6.45, 7) is 8.34. The first kappa shape index (κ1) is 23.1. The van der Waals surface area contributed by atoms with Gasteiger partial charge in [0.25, 0.3) is 0 Å². The predicted octanol–water partition coefficient (Wildman–Crippen LogP) is 2.74. The van der Waals surface area contributed by atoms with Crippen LogP contribution in [0, 0.1) is 0 Å². The van der Waals surface area contributed by atoms with Crippen molar-refractivity contribution >= 4 is 23.6 Å². The molecule has 3 amide bonds. The summed E-state index contributed by atoms with van der Waals surface area (Å²) < 4.78 is 5.48. The zero-order valence-electron chi connectivity index (χ0n) is 18.9. The van der Waals surface area contributed by atoms with E-state index in [1.54, 1.807) is 4.90 Å². The van der Waals surface area contributed by atoms with Crippen LogP contribution in [0.25, 0.3) is 0 Å². The van der Waals surface area contributed by atoms with E-state index >= 15 is 0 Å². The molecule has 31 heavy (non-hydrogen) atoms. The summed E-state index contributed by atoms with van der Waals surface area (Å²) in [7, 11) is 1.82. The van der Waals surface area contributed by atoms with Gasteiger partial charge in [0.1, 0.15) is 11.6 Å². The second-order valence-electron chi connectivity index (χ2n) is 9.44. The third kappa shape index (κ3) is 6.69. The van der Waals surface area contributed by atoms with Gasteiger partial charge in [0.15, 0.2) is 0 Å². The van der Waals surface area contributed by atoms with Gasteiger partial charge >= 0.3 is 6.09 Å². The van der Waals surface area contributed by atoms with Crippen molar-refractivity contribution < 1.29 is 19.1 Å². The lowest BCUT2D eigenvalue weighted by atomic mass is 10.0. The van der Waals surface area contributed by atoms with Gasteiger partial charge in [-0.3, -0.25) is 19.8 Å². The highest BCUT2D eigenvalue weighted by Gasteiger charge is 2.29. The summed E-state index contributed by atoms with van der Waals surface area (Å²) in [5.41, 5.74) is 1.59. The van der Waals surface area contributed by atoms with Gasteiger partial charge in [-0.25, -0.2) is 4.79 Å². The minimum Gasteiger partial charge on any atom is -0.444 e. The maximum atomic E-state index is 12.3. The average molecular weight is 431 g/mol. The molecule has 3 rings (SSSR count). The molecule has 8 heteroatoms. The number of carbonyl (C=O) groups is 3. The Kier molecular flexibility index (Phi) is 7.20. The third-order valence-electron chi connectivity index (χ3n) is 5.73. The molecular formula is C23H34N4O4. The monoisotopic (exact) mass is 430 g/mol. The van der Waals surface area contributed by atoms with Crippen LogP contribution in [0.2, 0.25) is 0 Å². The lowest BCUT2D eigenvalue weighted by Gasteiger charge is -2.37. The first-order valence-electron chi connectivity index (χ1n) is 11.0. The van der Waals surface area contributed by atoms with E-state index in [1.165, 1.54) is 5.56 Å². The second kappa shape index (κ2) is 9.68. The maximum absolute atomic E-state index is 12.3. The number of carbonyl (C=O) groups excluding carboxylic acids is 3. The zero-order chi connectivity index (χ0) is 22.6. The van der Waals surface area contributed by atoms with Gasteiger partial charge in [-0.2, -0.15) is 0 Å². The van der Waals surface area contributed by atoms with Crippen LogP contribution in [0.15, 0.2) is 24.3 Å². The Bertz CT molecular complexity index is 795. The molecule has 0 bridgehead atoms. The van der Waals surface area contributed by atoms with Crippen LogP contribution in [0.5, 0.6) is 0 Å². The molecule has 2 heterocycles. The van der Waals surface area contributed by atoms with Gasteiger partial charge in [-0.1, -0.05) is 12.1 Å². The average Bonchev–Trinajstić information content (AvgIpc) is 2.70. The number of hydrogen-bond acceptors (Lipinski definition) is 6. The molecule has 0 saturated carbocycles. The van der Waals surface area contributed by atoms with Gasteiger partial charge in [0.05, 0.1) is 0 Å².